The Kier molecular flexibility index (Phi) is 7.59. The second kappa shape index (κ2) is 11.2. The van der Waals surface area contributed by atoms with Crippen molar-refractivity contribution in [2.24, 2.45) is 0 Å². The van der Waals surface area contributed by atoms with Crippen molar-refractivity contribution in [2.75, 3.05) is 0 Å². The van der Waals surface area contributed by atoms with Crippen LogP contribution >= 0.6 is 0 Å². The van der Waals surface area contributed by atoms with E-state index in [9.17, 15) is 8.76 Å². The quantitative estimate of drug-likeness (QED) is 0.175. The van der Waals surface area contributed by atoms with Gasteiger partial charge in [0, 0.05) is 34.6 Å². The number of fused-ring (bicyclic) bond motifs is 1. The SMILES string of the molecule is Cc1ccc(/C(=C\c2cccc(-c3cc(C(C)C)cc4cccnc34)c2)c2ccc(CS(=O)O)cc2)cn1. The van der Waals surface area contributed by atoms with E-state index in [2.05, 4.69) is 73.4 Å². The zero-order valence-electron chi connectivity index (χ0n) is 21.8. The molecule has 0 amide bonds. The van der Waals surface area contributed by atoms with E-state index in [0.717, 1.165) is 55.6 Å². The summed E-state index contributed by atoms with van der Waals surface area (Å²) in [6.07, 6.45) is 5.92. The number of aryl methyl sites for hydroxylation is 1. The monoisotopic (exact) mass is 518 g/mol. The molecule has 0 saturated carbocycles. The molecule has 3 aromatic carbocycles. The van der Waals surface area contributed by atoms with Crippen LogP contribution in [0.3, 0.4) is 0 Å². The summed E-state index contributed by atoms with van der Waals surface area (Å²) >= 11 is -1.87. The highest BCUT2D eigenvalue weighted by atomic mass is 32.2. The fourth-order valence-electron chi connectivity index (χ4n) is 4.62. The molecule has 0 bridgehead atoms. The predicted octanol–water partition coefficient (Wildman–Crippen LogP) is 8.04. The maximum atomic E-state index is 11.3. The van der Waals surface area contributed by atoms with Gasteiger partial charge in [-0.05, 0) is 82.6 Å². The Morgan fingerprint density at radius 2 is 1.71 bits per heavy atom. The second-order valence-electron chi connectivity index (χ2n) is 9.83. The van der Waals surface area contributed by atoms with Crippen molar-refractivity contribution in [1.82, 2.24) is 9.97 Å². The summed E-state index contributed by atoms with van der Waals surface area (Å²) < 4.78 is 20.5. The molecule has 1 unspecified atom stereocenters. The molecule has 38 heavy (non-hydrogen) atoms. The van der Waals surface area contributed by atoms with Gasteiger partial charge in [0.2, 0.25) is 0 Å². The third kappa shape index (κ3) is 5.80. The minimum Gasteiger partial charge on any atom is -0.306 e. The van der Waals surface area contributed by atoms with Gasteiger partial charge in [0.1, 0.15) is 0 Å². The molecule has 2 aromatic heterocycles. The van der Waals surface area contributed by atoms with E-state index in [1.807, 2.05) is 55.7 Å². The standard InChI is InChI=1S/C33H30N2O2S/c1-22(2)30-18-28-8-5-15-34-33(28)32(19-30)27-7-4-6-25(16-27)17-31(29-12-9-23(3)35-20-29)26-13-10-24(11-14-26)21-38(36)37/h4-20,22H,21H2,1-3H3,(H,36,37)/b31-17-. The van der Waals surface area contributed by atoms with E-state index in [-0.39, 0.29) is 5.75 Å². The largest absolute Gasteiger partial charge is 0.306 e. The zero-order valence-corrected chi connectivity index (χ0v) is 22.6. The van der Waals surface area contributed by atoms with Crippen molar-refractivity contribution in [3.8, 4) is 11.1 Å². The molecular formula is C33H30N2O2S. The van der Waals surface area contributed by atoms with Crippen LogP contribution in [0.4, 0.5) is 0 Å². The van der Waals surface area contributed by atoms with Gasteiger partial charge in [0.05, 0.1) is 11.3 Å². The number of benzene rings is 3. The first-order valence-corrected chi connectivity index (χ1v) is 14.0. The molecule has 5 rings (SSSR count). The first-order valence-electron chi connectivity index (χ1n) is 12.7. The summed E-state index contributed by atoms with van der Waals surface area (Å²) in [7, 11) is 0. The van der Waals surface area contributed by atoms with E-state index < -0.39 is 11.1 Å². The molecule has 0 aliphatic rings. The summed E-state index contributed by atoms with van der Waals surface area (Å²) in [6, 6.07) is 29.1. The van der Waals surface area contributed by atoms with Crippen molar-refractivity contribution in [1.29, 1.82) is 0 Å². The van der Waals surface area contributed by atoms with Crippen LogP contribution in [0.15, 0.2) is 97.3 Å². The number of aromatic nitrogens is 2. The lowest BCUT2D eigenvalue weighted by molar-refractivity contribution is 0.563. The van der Waals surface area contributed by atoms with E-state index in [1.54, 1.807) is 0 Å². The van der Waals surface area contributed by atoms with E-state index in [0.29, 0.717) is 5.92 Å². The second-order valence-corrected chi connectivity index (χ2v) is 10.8. The Labute approximate surface area is 226 Å². The molecule has 0 aliphatic heterocycles. The number of rotatable bonds is 7. The van der Waals surface area contributed by atoms with Gasteiger partial charge in [-0.15, -0.1) is 0 Å². The predicted molar refractivity (Wildman–Crippen MR) is 158 cm³/mol. The molecular weight excluding hydrogens is 488 g/mol. The number of hydrogen-bond acceptors (Lipinski definition) is 3. The van der Waals surface area contributed by atoms with Gasteiger partial charge in [0.25, 0.3) is 0 Å². The highest BCUT2D eigenvalue weighted by molar-refractivity contribution is 7.78. The molecule has 1 atom stereocenters. The minimum atomic E-state index is -1.87. The lowest BCUT2D eigenvalue weighted by Crippen LogP contribution is -1.95. The molecule has 0 aliphatic carbocycles. The highest BCUT2D eigenvalue weighted by Gasteiger charge is 2.12. The Morgan fingerprint density at radius 3 is 2.42 bits per heavy atom. The van der Waals surface area contributed by atoms with Crippen LogP contribution in [-0.4, -0.2) is 18.7 Å². The van der Waals surface area contributed by atoms with Crippen LogP contribution in [0.25, 0.3) is 33.7 Å². The molecule has 190 valence electrons. The van der Waals surface area contributed by atoms with Crippen molar-refractivity contribution in [3.05, 3.63) is 131 Å². The van der Waals surface area contributed by atoms with E-state index >= 15 is 0 Å². The summed E-state index contributed by atoms with van der Waals surface area (Å²) in [5.41, 5.74) is 10.4. The molecule has 5 aromatic rings. The van der Waals surface area contributed by atoms with Crippen molar-refractivity contribution in [2.45, 2.75) is 32.4 Å². The Morgan fingerprint density at radius 1 is 0.921 bits per heavy atom. The molecule has 2 heterocycles. The molecule has 5 heteroatoms. The van der Waals surface area contributed by atoms with Gasteiger partial charge < -0.3 is 4.55 Å². The van der Waals surface area contributed by atoms with Crippen molar-refractivity contribution < 1.29 is 8.76 Å². The normalized spacial score (nSPS) is 12.7. The van der Waals surface area contributed by atoms with Crippen molar-refractivity contribution >= 4 is 33.6 Å². The van der Waals surface area contributed by atoms with Gasteiger partial charge in [-0.1, -0.05) is 68.4 Å². The molecule has 0 radical (unpaired) electrons. The molecule has 0 saturated heterocycles. The average Bonchev–Trinajstić information content (AvgIpc) is 2.92. The van der Waals surface area contributed by atoms with Gasteiger partial charge >= 0.3 is 0 Å². The van der Waals surface area contributed by atoms with E-state index in [1.165, 1.54) is 5.56 Å². The third-order valence-corrected chi connectivity index (χ3v) is 7.26. The van der Waals surface area contributed by atoms with Gasteiger partial charge in [0.15, 0.2) is 11.1 Å². The minimum absolute atomic E-state index is 0.116. The molecule has 1 N–H and O–H groups in total. The Bertz CT molecular complexity index is 1640. The smallest absolute Gasteiger partial charge is 0.157 e. The van der Waals surface area contributed by atoms with Gasteiger partial charge in [-0.25, -0.2) is 4.21 Å². The van der Waals surface area contributed by atoms with E-state index in [4.69, 9.17) is 4.98 Å². The summed E-state index contributed by atoms with van der Waals surface area (Å²) in [5.74, 6) is 0.526. The Balaban J connectivity index is 1.62. The number of nitrogens with zero attached hydrogens (tertiary/aromatic N) is 2. The third-order valence-electron chi connectivity index (χ3n) is 6.68. The fraction of sp³-hybridized carbons (Fsp3) is 0.152. The zero-order chi connectivity index (χ0) is 26.6. The van der Waals surface area contributed by atoms with Crippen LogP contribution in [0.1, 0.15) is 53.3 Å². The van der Waals surface area contributed by atoms with Crippen LogP contribution in [0, 0.1) is 6.92 Å². The first kappa shape index (κ1) is 25.7. The lowest BCUT2D eigenvalue weighted by Gasteiger charge is -2.13. The molecule has 0 fully saturated rings. The summed E-state index contributed by atoms with van der Waals surface area (Å²) in [4.78, 5) is 9.24. The maximum absolute atomic E-state index is 11.3. The van der Waals surface area contributed by atoms with Crippen LogP contribution in [0.2, 0.25) is 0 Å². The van der Waals surface area contributed by atoms with Crippen LogP contribution in [0.5, 0.6) is 0 Å². The van der Waals surface area contributed by atoms with Crippen LogP contribution in [-0.2, 0) is 16.8 Å². The van der Waals surface area contributed by atoms with Gasteiger partial charge in [-0.3, -0.25) is 9.97 Å². The topological polar surface area (TPSA) is 63.1 Å². The molecule has 4 nitrogen and oxygen atoms in total. The Hall–Kier alpha value is -3.93. The fourth-order valence-corrected chi connectivity index (χ4v) is 5.09. The first-order chi connectivity index (χ1) is 18.4. The van der Waals surface area contributed by atoms with Crippen LogP contribution < -0.4 is 0 Å². The maximum Gasteiger partial charge on any atom is 0.157 e. The number of hydrogen-bond donors (Lipinski definition) is 1. The number of pyridine rings is 2. The summed E-state index contributed by atoms with van der Waals surface area (Å²) in [5, 5.41) is 1.14. The van der Waals surface area contributed by atoms with Crippen molar-refractivity contribution in [3.63, 3.8) is 0 Å². The van der Waals surface area contributed by atoms with Gasteiger partial charge in [-0.2, -0.15) is 0 Å². The molecule has 0 spiro atoms. The highest BCUT2D eigenvalue weighted by Crippen LogP contribution is 2.33. The average molecular weight is 519 g/mol. The lowest BCUT2D eigenvalue weighted by atomic mass is 9.92. The summed E-state index contributed by atoms with van der Waals surface area (Å²) in [6.45, 7) is 6.40.